The van der Waals surface area contributed by atoms with Crippen molar-refractivity contribution in [1.29, 1.82) is 0 Å². The van der Waals surface area contributed by atoms with Gasteiger partial charge in [0.25, 0.3) is 0 Å². The van der Waals surface area contributed by atoms with E-state index >= 15 is 0 Å². The first-order chi connectivity index (χ1) is 9.33. The monoisotopic (exact) mass is 276 g/mol. The molecule has 106 valence electrons. The van der Waals surface area contributed by atoms with E-state index in [1.807, 2.05) is 20.8 Å². The van der Waals surface area contributed by atoms with Crippen molar-refractivity contribution < 1.29 is 13.9 Å². The second-order valence-corrected chi connectivity index (χ2v) is 5.54. The number of hydrogen-bond donors (Lipinski definition) is 0. The van der Waals surface area contributed by atoms with Gasteiger partial charge in [-0.2, -0.15) is 5.10 Å². The molecule has 0 bridgehead atoms. The van der Waals surface area contributed by atoms with Crippen LogP contribution in [0, 0.1) is 5.82 Å². The summed E-state index contributed by atoms with van der Waals surface area (Å²) in [4.78, 5) is 11.7. The molecule has 0 amide bonds. The Hall–Kier alpha value is -2.17. The molecule has 0 radical (unpaired) electrons. The van der Waals surface area contributed by atoms with E-state index in [-0.39, 0.29) is 18.2 Å². The molecule has 0 saturated heterocycles. The summed E-state index contributed by atoms with van der Waals surface area (Å²) in [6, 6.07) is 6.10. The second-order valence-electron chi connectivity index (χ2n) is 5.54. The molecule has 2 aromatic rings. The van der Waals surface area contributed by atoms with E-state index in [0.717, 1.165) is 5.56 Å². The van der Waals surface area contributed by atoms with Crippen molar-refractivity contribution in [2.75, 3.05) is 0 Å². The van der Waals surface area contributed by atoms with Gasteiger partial charge in [0.1, 0.15) is 11.4 Å². The molecule has 0 unspecified atom stereocenters. The summed E-state index contributed by atoms with van der Waals surface area (Å²) < 4.78 is 19.9. The smallest absolute Gasteiger partial charge is 0.310 e. The zero-order valence-corrected chi connectivity index (χ0v) is 11.8. The predicted molar refractivity (Wildman–Crippen MR) is 73.1 cm³/mol. The lowest BCUT2D eigenvalue weighted by atomic mass is 10.2. The van der Waals surface area contributed by atoms with Crippen molar-refractivity contribution in [1.82, 2.24) is 9.78 Å². The van der Waals surface area contributed by atoms with Crippen LogP contribution >= 0.6 is 0 Å². The van der Waals surface area contributed by atoms with Gasteiger partial charge < -0.3 is 4.74 Å². The van der Waals surface area contributed by atoms with Gasteiger partial charge in [-0.1, -0.05) is 6.07 Å². The number of benzene rings is 1. The molecule has 1 aromatic carbocycles. The third kappa shape index (κ3) is 3.91. The lowest BCUT2D eigenvalue weighted by Crippen LogP contribution is -2.24. The Morgan fingerprint density at radius 1 is 1.40 bits per heavy atom. The third-order valence-corrected chi connectivity index (χ3v) is 2.48. The number of rotatable bonds is 3. The Bertz CT molecular complexity index is 614. The highest BCUT2D eigenvalue weighted by atomic mass is 19.1. The van der Waals surface area contributed by atoms with Crippen LogP contribution in [0.5, 0.6) is 0 Å². The van der Waals surface area contributed by atoms with E-state index in [4.69, 9.17) is 4.74 Å². The zero-order chi connectivity index (χ0) is 14.8. The summed E-state index contributed by atoms with van der Waals surface area (Å²) in [6.45, 7) is 5.46. The predicted octanol–water partition coefficient (Wildman–Crippen LogP) is 2.90. The lowest BCUT2D eigenvalue weighted by Gasteiger charge is -2.19. The van der Waals surface area contributed by atoms with E-state index < -0.39 is 5.60 Å². The second kappa shape index (κ2) is 5.45. The summed E-state index contributed by atoms with van der Waals surface area (Å²) in [5.41, 5.74) is 0.833. The largest absolute Gasteiger partial charge is 0.460 e. The molecule has 1 heterocycles. The first-order valence-electron chi connectivity index (χ1n) is 6.35. The SMILES string of the molecule is CC(C)(C)OC(=O)Cc1cnn(-c2cccc(F)c2)c1. The molecule has 5 heteroatoms. The van der Waals surface area contributed by atoms with Crippen LogP contribution in [0.3, 0.4) is 0 Å². The first-order valence-corrected chi connectivity index (χ1v) is 6.35. The number of carbonyl (C=O) groups excluding carboxylic acids is 1. The number of ether oxygens (including phenoxy) is 1. The quantitative estimate of drug-likeness (QED) is 0.810. The van der Waals surface area contributed by atoms with Crippen LogP contribution in [0.15, 0.2) is 36.7 Å². The number of aromatic nitrogens is 2. The Morgan fingerprint density at radius 3 is 2.80 bits per heavy atom. The summed E-state index contributed by atoms with van der Waals surface area (Å²) >= 11 is 0. The molecule has 4 nitrogen and oxygen atoms in total. The van der Waals surface area contributed by atoms with Gasteiger partial charge >= 0.3 is 5.97 Å². The Labute approximate surface area is 117 Å². The molecule has 0 N–H and O–H groups in total. The van der Waals surface area contributed by atoms with E-state index in [0.29, 0.717) is 5.69 Å². The highest BCUT2D eigenvalue weighted by Crippen LogP contribution is 2.12. The molecular formula is C15H17FN2O2. The topological polar surface area (TPSA) is 44.1 Å². The van der Waals surface area contributed by atoms with Crippen LogP contribution in [0.1, 0.15) is 26.3 Å². The lowest BCUT2D eigenvalue weighted by molar-refractivity contribution is -0.153. The van der Waals surface area contributed by atoms with E-state index in [9.17, 15) is 9.18 Å². The molecule has 20 heavy (non-hydrogen) atoms. The van der Waals surface area contributed by atoms with Gasteiger partial charge in [0.15, 0.2) is 0 Å². The summed E-state index contributed by atoms with van der Waals surface area (Å²) in [5.74, 6) is -0.636. The van der Waals surface area contributed by atoms with Gasteiger partial charge in [0.2, 0.25) is 0 Å². The Morgan fingerprint density at radius 2 is 2.15 bits per heavy atom. The van der Waals surface area contributed by atoms with Gasteiger partial charge in [-0.3, -0.25) is 4.79 Å². The minimum atomic E-state index is -0.504. The van der Waals surface area contributed by atoms with Gasteiger partial charge in [0.05, 0.1) is 18.3 Å². The van der Waals surface area contributed by atoms with Gasteiger partial charge in [0, 0.05) is 11.8 Å². The van der Waals surface area contributed by atoms with Crippen molar-refractivity contribution in [2.24, 2.45) is 0 Å². The average molecular weight is 276 g/mol. The molecule has 0 saturated carbocycles. The highest BCUT2D eigenvalue weighted by Gasteiger charge is 2.17. The van der Waals surface area contributed by atoms with E-state index in [1.165, 1.54) is 16.8 Å². The number of halogens is 1. The summed E-state index contributed by atoms with van der Waals surface area (Å²) in [7, 11) is 0. The fraction of sp³-hybridized carbons (Fsp3) is 0.333. The van der Waals surface area contributed by atoms with Crippen molar-refractivity contribution in [3.05, 3.63) is 48.0 Å². The molecule has 0 aliphatic heterocycles. The van der Waals surface area contributed by atoms with Gasteiger partial charge in [-0.05, 0) is 39.0 Å². The zero-order valence-electron chi connectivity index (χ0n) is 11.8. The molecule has 2 rings (SSSR count). The highest BCUT2D eigenvalue weighted by molar-refractivity contribution is 5.72. The summed E-state index contributed by atoms with van der Waals surface area (Å²) in [5, 5.41) is 4.12. The van der Waals surface area contributed by atoms with Gasteiger partial charge in [-0.25, -0.2) is 9.07 Å². The molecule has 0 aliphatic rings. The fourth-order valence-electron chi connectivity index (χ4n) is 1.76. The molecule has 0 spiro atoms. The number of hydrogen-bond acceptors (Lipinski definition) is 3. The van der Waals surface area contributed by atoms with E-state index in [1.54, 1.807) is 24.5 Å². The van der Waals surface area contributed by atoms with Crippen LogP contribution in [0.25, 0.3) is 5.69 Å². The number of esters is 1. The number of carbonyl (C=O) groups is 1. The normalized spacial score (nSPS) is 11.4. The maximum Gasteiger partial charge on any atom is 0.310 e. The van der Waals surface area contributed by atoms with Gasteiger partial charge in [-0.15, -0.1) is 0 Å². The maximum atomic E-state index is 13.1. The Kier molecular flexibility index (Phi) is 3.88. The number of nitrogens with zero attached hydrogens (tertiary/aromatic N) is 2. The molecule has 0 atom stereocenters. The van der Waals surface area contributed by atoms with Crippen LogP contribution < -0.4 is 0 Å². The van der Waals surface area contributed by atoms with Crippen LogP contribution in [-0.2, 0) is 16.0 Å². The molecule has 0 fully saturated rings. The first kappa shape index (κ1) is 14.2. The molecule has 1 aromatic heterocycles. The van der Waals surface area contributed by atoms with Crippen molar-refractivity contribution in [3.63, 3.8) is 0 Å². The Balaban J connectivity index is 2.08. The van der Waals surface area contributed by atoms with Crippen LogP contribution in [0.4, 0.5) is 4.39 Å². The summed E-state index contributed by atoms with van der Waals surface area (Å²) in [6.07, 6.45) is 3.42. The minimum absolute atomic E-state index is 0.145. The van der Waals surface area contributed by atoms with Crippen molar-refractivity contribution >= 4 is 5.97 Å². The fourth-order valence-corrected chi connectivity index (χ4v) is 1.76. The minimum Gasteiger partial charge on any atom is -0.460 e. The van der Waals surface area contributed by atoms with Crippen LogP contribution in [-0.4, -0.2) is 21.4 Å². The van der Waals surface area contributed by atoms with Crippen molar-refractivity contribution in [2.45, 2.75) is 32.8 Å². The standard InChI is InChI=1S/C15H17FN2O2/c1-15(2,3)20-14(19)7-11-9-17-18(10-11)13-6-4-5-12(16)8-13/h4-6,8-10H,7H2,1-3H3. The average Bonchev–Trinajstić information content (AvgIpc) is 2.74. The van der Waals surface area contributed by atoms with Crippen LogP contribution in [0.2, 0.25) is 0 Å². The van der Waals surface area contributed by atoms with E-state index in [2.05, 4.69) is 5.10 Å². The maximum absolute atomic E-state index is 13.1. The third-order valence-electron chi connectivity index (χ3n) is 2.48. The van der Waals surface area contributed by atoms with Crippen molar-refractivity contribution in [3.8, 4) is 5.69 Å². The molecular weight excluding hydrogens is 259 g/mol. The molecule has 0 aliphatic carbocycles.